The standard InChI is InChI=1S/C20H17ClN2O3S/c1-13-4-2-3-5-14(13)11-26-18(19(27)20(24)25)8-9-23-12-22-16-7-6-15(21)10-17(16)23/h2-10,12,27H,11H2,1H3,(H,24,25)/b9-8+,19-18+. The fourth-order valence-corrected chi connectivity index (χ4v) is 2.80. The van der Waals surface area contributed by atoms with E-state index in [0.29, 0.717) is 5.02 Å². The molecule has 0 unspecified atom stereocenters. The highest BCUT2D eigenvalue weighted by Gasteiger charge is 2.11. The van der Waals surface area contributed by atoms with Crippen LogP contribution in [0.3, 0.4) is 0 Å². The number of carboxylic acid groups (broad SMARTS) is 1. The van der Waals surface area contributed by atoms with Crippen molar-refractivity contribution in [2.45, 2.75) is 13.5 Å². The maximum atomic E-state index is 11.4. The lowest BCUT2D eigenvalue weighted by atomic mass is 10.1. The molecule has 0 saturated carbocycles. The van der Waals surface area contributed by atoms with Gasteiger partial charge in [0.05, 0.1) is 17.4 Å². The zero-order chi connectivity index (χ0) is 19.4. The Bertz CT molecular complexity index is 1060. The number of ether oxygens (including phenoxy) is 1. The lowest BCUT2D eigenvalue weighted by Gasteiger charge is -2.11. The topological polar surface area (TPSA) is 64.4 Å². The average molecular weight is 401 g/mol. The van der Waals surface area contributed by atoms with Crippen LogP contribution >= 0.6 is 24.2 Å². The second kappa shape index (κ2) is 8.33. The molecule has 3 aromatic rings. The van der Waals surface area contributed by atoms with E-state index in [4.69, 9.17) is 16.3 Å². The summed E-state index contributed by atoms with van der Waals surface area (Å²) in [5, 5.41) is 9.87. The van der Waals surface area contributed by atoms with E-state index in [1.165, 1.54) is 0 Å². The van der Waals surface area contributed by atoms with Crippen molar-refractivity contribution >= 4 is 47.4 Å². The third kappa shape index (κ3) is 4.53. The molecule has 138 valence electrons. The Labute approximate surface area is 167 Å². The largest absolute Gasteiger partial charge is 0.487 e. The second-order valence-corrected chi connectivity index (χ2v) is 6.72. The number of fused-ring (bicyclic) bond motifs is 1. The van der Waals surface area contributed by atoms with Gasteiger partial charge in [0.25, 0.3) is 0 Å². The number of allylic oxidation sites excluding steroid dienone is 1. The molecule has 0 saturated heterocycles. The van der Waals surface area contributed by atoms with Gasteiger partial charge < -0.3 is 14.4 Å². The van der Waals surface area contributed by atoms with Gasteiger partial charge in [-0.3, -0.25) is 0 Å². The Morgan fingerprint density at radius 1 is 1.33 bits per heavy atom. The molecule has 0 aliphatic rings. The van der Waals surface area contributed by atoms with E-state index in [1.807, 2.05) is 37.3 Å². The van der Waals surface area contributed by atoms with Gasteiger partial charge in [0.1, 0.15) is 17.3 Å². The summed E-state index contributed by atoms with van der Waals surface area (Å²) in [6.45, 7) is 2.21. The number of carboxylic acids is 1. The highest BCUT2D eigenvalue weighted by atomic mass is 35.5. The summed E-state index contributed by atoms with van der Waals surface area (Å²) in [4.78, 5) is 15.5. The van der Waals surface area contributed by atoms with Gasteiger partial charge in [-0.15, -0.1) is 12.6 Å². The molecule has 1 N–H and O–H groups in total. The molecule has 0 bridgehead atoms. The first kappa shape index (κ1) is 19.1. The predicted octanol–water partition coefficient (Wildman–Crippen LogP) is 4.91. The Hall–Kier alpha value is -2.70. The number of aliphatic carboxylic acids is 1. The summed E-state index contributed by atoms with van der Waals surface area (Å²) >= 11 is 10.1. The monoisotopic (exact) mass is 400 g/mol. The first-order chi connectivity index (χ1) is 13.0. The van der Waals surface area contributed by atoms with Crippen LogP contribution in [0.2, 0.25) is 5.02 Å². The summed E-state index contributed by atoms with van der Waals surface area (Å²) in [7, 11) is 0. The van der Waals surface area contributed by atoms with Crippen LogP contribution in [0.1, 0.15) is 11.1 Å². The molecule has 7 heteroatoms. The number of nitrogens with zero attached hydrogens (tertiary/aromatic N) is 2. The average Bonchev–Trinajstić information content (AvgIpc) is 3.04. The lowest BCUT2D eigenvalue weighted by Crippen LogP contribution is -2.02. The van der Waals surface area contributed by atoms with Crippen LogP contribution in [0, 0.1) is 6.92 Å². The number of rotatable bonds is 6. The minimum Gasteiger partial charge on any atom is -0.487 e. The number of thiol groups is 1. The quantitative estimate of drug-likeness (QED) is 0.267. The Morgan fingerprint density at radius 3 is 2.85 bits per heavy atom. The number of benzene rings is 2. The fraction of sp³-hybridized carbons (Fsp3) is 0.100. The first-order valence-corrected chi connectivity index (χ1v) is 8.92. The van der Waals surface area contributed by atoms with Crippen molar-refractivity contribution in [3.63, 3.8) is 0 Å². The Morgan fingerprint density at radius 2 is 2.11 bits per heavy atom. The summed E-state index contributed by atoms with van der Waals surface area (Å²) in [6, 6.07) is 13.1. The molecular formula is C20H17ClN2O3S. The molecule has 3 rings (SSSR count). The number of imidazole rings is 1. The molecule has 0 aliphatic heterocycles. The van der Waals surface area contributed by atoms with Crippen molar-refractivity contribution < 1.29 is 14.6 Å². The number of carbonyl (C=O) groups is 1. The lowest BCUT2D eigenvalue weighted by molar-refractivity contribution is -0.132. The molecule has 1 aromatic heterocycles. The second-order valence-electron chi connectivity index (χ2n) is 5.83. The zero-order valence-corrected chi connectivity index (χ0v) is 16.1. The van der Waals surface area contributed by atoms with E-state index >= 15 is 0 Å². The van der Waals surface area contributed by atoms with E-state index in [2.05, 4.69) is 17.6 Å². The molecule has 5 nitrogen and oxygen atoms in total. The zero-order valence-electron chi connectivity index (χ0n) is 14.5. The van der Waals surface area contributed by atoms with Crippen LogP contribution < -0.4 is 0 Å². The van der Waals surface area contributed by atoms with Crippen LogP contribution in [0.15, 0.2) is 65.5 Å². The normalized spacial score (nSPS) is 12.4. The van der Waals surface area contributed by atoms with Gasteiger partial charge >= 0.3 is 5.97 Å². The smallest absolute Gasteiger partial charge is 0.345 e. The van der Waals surface area contributed by atoms with Gasteiger partial charge in [-0.05, 0) is 42.3 Å². The van der Waals surface area contributed by atoms with Gasteiger partial charge in [-0.25, -0.2) is 9.78 Å². The minimum atomic E-state index is -1.17. The highest BCUT2D eigenvalue weighted by molar-refractivity contribution is 7.85. The van der Waals surface area contributed by atoms with Crippen LogP contribution in [-0.2, 0) is 16.1 Å². The number of aromatic nitrogens is 2. The molecular weight excluding hydrogens is 384 g/mol. The van der Waals surface area contributed by atoms with Gasteiger partial charge in [0.2, 0.25) is 0 Å². The van der Waals surface area contributed by atoms with E-state index in [9.17, 15) is 9.90 Å². The maximum absolute atomic E-state index is 11.4. The van der Waals surface area contributed by atoms with Crippen LogP contribution in [0.5, 0.6) is 0 Å². The summed E-state index contributed by atoms with van der Waals surface area (Å²) in [5.41, 5.74) is 3.61. The van der Waals surface area contributed by atoms with Crippen molar-refractivity contribution in [3.05, 3.63) is 81.7 Å². The maximum Gasteiger partial charge on any atom is 0.345 e. The predicted molar refractivity (Wildman–Crippen MR) is 110 cm³/mol. The molecule has 1 heterocycles. The number of hydrogen-bond donors (Lipinski definition) is 2. The Kier molecular flexibility index (Phi) is 5.88. The number of halogens is 1. The van der Waals surface area contributed by atoms with E-state index in [-0.39, 0.29) is 17.3 Å². The molecule has 2 aromatic carbocycles. The molecule has 0 radical (unpaired) electrons. The van der Waals surface area contributed by atoms with E-state index < -0.39 is 5.97 Å². The SMILES string of the molecule is Cc1ccccc1COC(/C=C/n1cnc2ccc(Cl)cc21)=C(/S)C(=O)O. The molecule has 0 fully saturated rings. The summed E-state index contributed by atoms with van der Waals surface area (Å²) in [6.07, 6.45) is 4.84. The van der Waals surface area contributed by atoms with Crippen LogP contribution in [0.25, 0.3) is 17.2 Å². The number of aryl methyl sites for hydroxylation is 1. The third-order valence-electron chi connectivity index (χ3n) is 4.00. The van der Waals surface area contributed by atoms with Crippen molar-refractivity contribution in [2.75, 3.05) is 0 Å². The highest BCUT2D eigenvalue weighted by Crippen LogP contribution is 2.21. The van der Waals surface area contributed by atoms with Crippen molar-refractivity contribution in [3.8, 4) is 0 Å². The summed E-state index contributed by atoms with van der Waals surface area (Å²) < 4.78 is 7.48. The third-order valence-corrected chi connectivity index (χ3v) is 4.65. The van der Waals surface area contributed by atoms with Crippen molar-refractivity contribution in [1.29, 1.82) is 0 Å². The van der Waals surface area contributed by atoms with Crippen molar-refractivity contribution in [1.82, 2.24) is 9.55 Å². The molecule has 0 amide bonds. The molecule has 27 heavy (non-hydrogen) atoms. The van der Waals surface area contributed by atoms with Gasteiger partial charge in [-0.1, -0.05) is 35.9 Å². The fourth-order valence-electron chi connectivity index (χ4n) is 2.49. The molecule has 0 aliphatic carbocycles. The van der Waals surface area contributed by atoms with Crippen molar-refractivity contribution in [2.24, 2.45) is 0 Å². The number of hydrogen-bond acceptors (Lipinski definition) is 4. The first-order valence-electron chi connectivity index (χ1n) is 8.10. The van der Waals surface area contributed by atoms with E-state index in [1.54, 1.807) is 35.3 Å². The summed E-state index contributed by atoms with van der Waals surface area (Å²) in [5.74, 6) is -1.01. The van der Waals surface area contributed by atoms with E-state index in [0.717, 1.165) is 22.2 Å². The van der Waals surface area contributed by atoms with Gasteiger partial charge in [0.15, 0.2) is 0 Å². The van der Waals surface area contributed by atoms with Gasteiger partial charge in [-0.2, -0.15) is 0 Å². The van der Waals surface area contributed by atoms with Crippen LogP contribution in [-0.4, -0.2) is 20.6 Å². The molecule has 0 spiro atoms. The van der Waals surface area contributed by atoms with Gasteiger partial charge in [0, 0.05) is 11.2 Å². The minimum absolute atomic E-state index is 0.151. The van der Waals surface area contributed by atoms with Crippen LogP contribution in [0.4, 0.5) is 0 Å². The Balaban J connectivity index is 1.88. The molecule has 0 atom stereocenters.